The second-order valence-corrected chi connectivity index (χ2v) is 10.5. The number of sulfonamides is 1. The number of carbonyl (C=O) groups is 1. The number of hydrogen-bond acceptors (Lipinski definition) is 5. The predicted molar refractivity (Wildman–Crippen MR) is 118 cm³/mol. The summed E-state index contributed by atoms with van der Waals surface area (Å²) in [6, 6.07) is 10.5. The minimum atomic E-state index is -3.88. The van der Waals surface area contributed by atoms with Crippen LogP contribution >= 0.6 is 22.9 Å². The molecular weight excluding hydrogens is 430 g/mol. The van der Waals surface area contributed by atoms with Gasteiger partial charge < -0.3 is 5.32 Å². The van der Waals surface area contributed by atoms with Gasteiger partial charge in [-0.15, -0.1) is 11.3 Å². The van der Waals surface area contributed by atoms with Crippen LogP contribution in [0.2, 0.25) is 5.02 Å². The van der Waals surface area contributed by atoms with Gasteiger partial charge in [0.15, 0.2) is 0 Å². The van der Waals surface area contributed by atoms with Crippen molar-refractivity contribution in [1.29, 1.82) is 0 Å². The molecule has 154 valence electrons. The van der Waals surface area contributed by atoms with Crippen LogP contribution in [0.15, 0.2) is 47.4 Å². The van der Waals surface area contributed by atoms with E-state index in [0.717, 1.165) is 15.2 Å². The Kier molecular flexibility index (Phi) is 6.58. The first-order chi connectivity index (χ1) is 13.6. The van der Waals surface area contributed by atoms with E-state index in [1.165, 1.54) is 17.4 Å². The zero-order valence-electron chi connectivity index (χ0n) is 16.3. The molecule has 0 saturated carbocycles. The van der Waals surface area contributed by atoms with Gasteiger partial charge in [-0.25, -0.2) is 13.4 Å². The summed E-state index contributed by atoms with van der Waals surface area (Å²) in [6.07, 6.45) is 0.362. The lowest BCUT2D eigenvalue weighted by atomic mass is 10.0. The van der Waals surface area contributed by atoms with Crippen molar-refractivity contribution in [3.8, 4) is 0 Å². The highest BCUT2D eigenvalue weighted by atomic mass is 35.5. The molecule has 1 aromatic heterocycles. The van der Waals surface area contributed by atoms with Crippen LogP contribution in [0, 0.1) is 12.8 Å². The highest BCUT2D eigenvalue weighted by Gasteiger charge is 2.27. The maximum absolute atomic E-state index is 13.0. The zero-order valence-corrected chi connectivity index (χ0v) is 18.7. The van der Waals surface area contributed by atoms with Crippen molar-refractivity contribution < 1.29 is 13.2 Å². The third-order valence-electron chi connectivity index (χ3n) is 4.21. The van der Waals surface area contributed by atoms with E-state index in [2.05, 4.69) is 15.0 Å². The van der Waals surface area contributed by atoms with Crippen molar-refractivity contribution in [2.45, 2.75) is 38.1 Å². The molecule has 2 N–H and O–H groups in total. The Morgan fingerprint density at radius 3 is 2.52 bits per heavy atom. The van der Waals surface area contributed by atoms with Gasteiger partial charge in [0.05, 0.1) is 20.1 Å². The molecule has 2 aromatic carbocycles. The van der Waals surface area contributed by atoms with Crippen LogP contribution in [0.5, 0.6) is 0 Å². The first kappa shape index (κ1) is 21.7. The number of halogens is 1. The third-order valence-corrected chi connectivity index (χ3v) is 6.86. The minimum Gasteiger partial charge on any atom is -0.325 e. The Balaban J connectivity index is 1.83. The van der Waals surface area contributed by atoms with E-state index >= 15 is 0 Å². The summed E-state index contributed by atoms with van der Waals surface area (Å²) in [5.41, 5.74) is 1.31. The molecule has 0 aliphatic rings. The Labute approximate surface area is 179 Å². The number of thiazole rings is 1. The molecule has 1 atom stereocenters. The Morgan fingerprint density at radius 2 is 1.86 bits per heavy atom. The van der Waals surface area contributed by atoms with Gasteiger partial charge in [-0.1, -0.05) is 25.4 Å². The minimum absolute atomic E-state index is 0.113. The first-order valence-electron chi connectivity index (χ1n) is 9.10. The molecule has 1 amide bonds. The lowest BCUT2D eigenvalue weighted by Crippen LogP contribution is -2.44. The van der Waals surface area contributed by atoms with Crippen LogP contribution in [0.25, 0.3) is 10.2 Å². The van der Waals surface area contributed by atoms with Gasteiger partial charge in [-0.3, -0.25) is 4.79 Å². The molecule has 0 radical (unpaired) electrons. The van der Waals surface area contributed by atoms with E-state index in [4.69, 9.17) is 11.6 Å². The fraction of sp³-hybridized carbons (Fsp3) is 0.300. The van der Waals surface area contributed by atoms with Crippen LogP contribution in [0.3, 0.4) is 0 Å². The number of carbonyl (C=O) groups excluding carboxylic acids is 1. The summed E-state index contributed by atoms with van der Waals surface area (Å²) in [4.78, 5) is 17.2. The summed E-state index contributed by atoms with van der Waals surface area (Å²) >= 11 is 7.30. The van der Waals surface area contributed by atoms with Gasteiger partial charge in [-0.2, -0.15) is 4.72 Å². The summed E-state index contributed by atoms with van der Waals surface area (Å²) in [6.45, 7) is 5.74. The monoisotopic (exact) mass is 451 g/mol. The highest BCUT2D eigenvalue weighted by Crippen LogP contribution is 2.25. The molecule has 29 heavy (non-hydrogen) atoms. The second kappa shape index (κ2) is 8.79. The maximum Gasteiger partial charge on any atom is 0.242 e. The number of benzene rings is 2. The number of fused-ring (bicyclic) bond motifs is 1. The first-order valence-corrected chi connectivity index (χ1v) is 11.8. The summed E-state index contributed by atoms with van der Waals surface area (Å²) in [5.74, 6) is -0.301. The summed E-state index contributed by atoms with van der Waals surface area (Å²) in [5, 5.41) is 4.16. The van der Waals surface area contributed by atoms with E-state index in [0.29, 0.717) is 17.1 Å². The molecule has 3 rings (SSSR count). The number of nitrogens with zero attached hydrogens (tertiary/aromatic N) is 1. The standard InChI is InChI=1S/C20H22ClN3O3S2/c1-12(2)10-18(20(25)23-15-6-4-14(21)5-7-15)24-29(26,27)16-8-9-17-19(11-16)28-13(3)22-17/h4-9,11-12,18,24H,10H2,1-3H3,(H,23,25). The Morgan fingerprint density at radius 1 is 1.17 bits per heavy atom. The molecule has 0 aliphatic heterocycles. The number of hydrogen-bond donors (Lipinski definition) is 2. The van der Waals surface area contributed by atoms with Gasteiger partial charge in [0.25, 0.3) is 0 Å². The number of nitrogens with one attached hydrogen (secondary N) is 2. The largest absolute Gasteiger partial charge is 0.325 e. The lowest BCUT2D eigenvalue weighted by molar-refractivity contribution is -0.118. The van der Waals surface area contributed by atoms with Crippen molar-refractivity contribution in [1.82, 2.24) is 9.71 Å². The number of amides is 1. The highest BCUT2D eigenvalue weighted by molar-refractivity contribution is 7.89. The molecule has 0 saturated heterocycles. The number of anilines is 1. The van der Waals surface area contributed by atoms with E-state index in [9.17, 15) is 13.2 Å². The lowest BCUT2D eigenvalue weighted by Gasteiger charge is -2.20. The molecule has 0 bridgehead atoms. The zero-order chi connectivity index (χ0) is 21.2. The molecule has 0 spiro atoms. The van der Waals surface area contributed by atoms with Crippen molar-refractivity contribution in [3.63, 3.8) is 0 Å². The average molecular weight is 452 g/mol. The smallest absolute Gasteiger partial charge is 0.242 e. The van der Waals surface area contributed by atoms with E-state index in [-0.39, 0.29) is 10.8 Å². The third kappa shape index (κ3) is 5.54. The fourth-order valence-corrected chi connectivity index (χ4v) is 5.19. The van der Waals surface area contributed by atoms with Crippen molar-refractivity contribution in [3.05, 3.63) is 52.5 Å². The van der Waals surface area contributed by atoms with Crippen molar-refractivity contribution in [2.24, 2.45) is 5.92 Å². The van der Waals surface area contributed by atoms with Crippen LogP contribution in [0.1, 0.15) is 25.3 Å². The van der Waals surface area contributed by atoms with Gasteiger partial charge in [0.1, 0.15) is 6.04 Å². The molecule has 1 heterocycles. The molecule has 0 aliphatic carbocycles. The van der Waals surface area contributed by atoms with Gasteiger partial charge in [0.2, 0.25) is 15.9 Å². The van der Waals surface area contributed by atoms with Crippen LogP contribution in [0.4, 0.5) is 5.69 Å². The number of aromatic nitrogens is 1. The summed E-state index contributed by atoms with van der Waals surface area (Å²) in [7, 11) is -3.88. The maximum atomic E-state index is 13.0. The van der Waals surface area contributed by atoms with Crippen LogP contribution in [-0.4, -0.2) is 25.4 Å². The van der Waals surface area contributed by atoms with Crippen molar-refractivity contribution in [2.75, 3.05) is 5.32 Å². The van der Waals surface area contributed by atoms with E-state index in [1.54, 1.807) is 36.4 Å². The molecular formula is C20H22ClN3O3S2. The van der Waals surface area contributed by atoms with Gasteiger partial charge in [-0.05, 0) is 61.7 Å². The number of aryl methyl sites for hydroxylation is 1. The molecule has 6 nitrogen and oxygen atoms in total. The summed E-state index contributed by atoms with van der Waals surface area (Å²) < 4.78 is 29.3. The van der Waals surface area contributed by atoms with Crippen LogP contribution < -0.4 is 10.0 Å². The van der Waals surface area contributed by atoms with E-state index < -0.39 is 22.0 Å². The number of rotatable bonds is 7. The van der Waals surface area contributed by atoms with Gasteiger partial charge in [0, 0.05) is 10.7 Å². The Hall–Kier alpha value is -2.00. The molecule has 0 fully saturated rings. The van der Waals surface area contributed by atoms with Crippen LogP contribution in [-0.2, 0) is 14.8 Å². The topological polar surface area (TPSA) is 88.2 Å². The molecule has 9 heteroatoms. The normalized spacial score (nSPS) is 13.0. The second-order valence-electron chi connectivity index (χ2n) is 7.16. The van der Waals surface area contributed by atoms with E-state index in [1.807, 2.05) is 20.8 Å². The molecule has 3 aromatic rings. The van der Waals surface area contributed by atoms with Crippen molar-refractivity contribution >= 4 is 54.8 Å². The quantitative estimate of drug-likeness (QED) is 0.549. The average Bonchev–Trinajstić information content (AvgIpc) is 3.01. The van der Waals surface area contributed by atoms with Gasteiger partial charge >= 0.3 is 0 Å². The predicted octanol–water partition coefficient (Wildman–Crippen LogP) is 4.59. The molecule has 1 unspecified atom stereocenters. The Bertz CT molecular complexity index is 1130. The SMILES string of the molecule is Cc1nc2ccc(S(=O)(=O)NC(CC(C)C)C(=O)Nc3ccc(Cl)cc3)cc2s1. The fourth-order valence-electron chi connectivity index (χ4n) is 2.89.